The van der Waals surface area contributed by atoms with Crippen LogP contribution in [-0.2, 0) is 85.4 Å². The minimum Gasteiger partial charge on any atom is -0.505 e. The van der Waals surface area contributed by atoms with Crippen LogP contribution in [0.3, 0.4) is 0 Å². The quantitative estimate of drug-likeness (QED) is 0.0136. The molecule has 6 aliphatic rings. The van der Waals surface area contributed by atoms with Crippen LogP contribution in [0.15, 0.2) is 23.2 Å². The lowest BCUT2D eigenvalue weighted by Crippen LogP contribution is -2.74. The van der Waals surface area contributed by atoms with Crippen molar-refractivity contribution >= 4 is 55.7 Å². The predicted molar refractivity (Wildman–Crippen MR) is 431 cm³/mol. The molecule has 33 nitrogen and oxygen atoms in total. The van der Waals surface area contributed by atoms with Gasteiger partial charge in [0.2, 0.25) is 17.3 Å². The van der Waals surface area contributed by atoms with E-state index in [9.17, 15) is 75.3 Å². The number of nitrogens with zero attached hydrogens (tertiary/aromatic N) is 2. The van der Waals surface area contributed by atoms with E-state index in [1.807, 2.05) is 0 Å². The van der Waals surface area contributed by atoms with Crippen molar-refractivity contribution in [3.8, 4) is 0 Å². The molecule has 114 heavy (non-hydrogen) atoms. The van der Waals surface area contributed by atoms with Crippen LogP contribution in [0.1, 0.15) is 128 Å². The average molecular weight is 1680 g/mol. The van der Waals surface area contributed by atoms with Crippen molar-refractivity contribution in [3.05, 3.63) is 23.2 Å². The zero-order valence-electron chi connectivity index (χ0n) is 68.7. The second-order valence-electron chi connectivity index (χ2n) is 31.3. The van der Waals surface area contributed by atoms with Gasteiger partial charge in [-0.3, -0.25) is 9.59 Å². The Morgan fingerprint density at radius 1 is 0.667 bits per heavy atom. The molecule has 4 fully saturated rings. The molecule has 4 unspecified atom stereocenters. The second-order valence-corrected chi connectivity index (χ2v) is 31.3. The summed E-state index contributed by atoms with van der Waals surface area (Å²) in [6.07, 6.45) is -4.40. The van der Waals surface area contributed by atoms with Gasteiger partial charge < -0.3 is 142 Å². The highest BCUT2D eigenvalue weighted by molar-refractivity contribution is 7.59. The van der Waals surface area contributed by atoms with E-state index < -0.39 is 122 Å². The summed E-state index contributed by atoms with van der Waals surface area (Å²) in [6, 6.07) is 0. The number of aliphatic hydroxyl groups is 11. The highest BCUT2D eigenvalue weighted by atomic mass is 32.1. The highest BCUT2D eigenvalue weighted by Gasteiger charge is 2.62. The average Bonchev–Trinajstić information content (AvgIpc) is 1.41. The van der Waals surface area contributed by atoms with Crippen LogP contribution >= 0.6 is 23.4 Å². The minimum absolute atomic E-state index is 0. The zero-order chi connectivity index (χ0) is 80.9. The van der Waals surface area contributed by atoms with E-state index in [4.69, 9.17) is 71.1 Å². The van der Waals surface area contributed by atoms with E-state index in [1.165, 1.54) is 60.3 Å². The standard InChI is InChI=1S/C78H137N3O30.B.H3P.H2S.2H2/c1-52(2)11-8-12-53(3)58-15-16-59-57-14-13-55-47-56(17-19-76(55,5)60(57)18-20-77(58,59)6)108-45-44-107-51-63(85)81(48-54(4)70-67(89)69(91)73(93)111-70)24-10-23-80(22-9-21-79-74(94)78(96,71(92)64(86)61(84)49-82)72-68(90)66(88)65(87)62(50-83)110-72)75(95)109-46-43-106-42-41-105-40-39-104-38-37-103-36-35-102-34-33-101-32-31-100-30-29-99-28-27-98-26-25-97-7;;;;;/h13,52-54,56-62,64-66,68,70-72,82-84,86-92,96H,8-12,14-51H2,1-7H3,(H,79,94);;1H3;1H2;2*1H/t53-,54+,56?,57+,58?,59+,60+,61-,62-,64-,65+,66+,68-,70-,71+,72?,76+,77-,78+;;;;;/m1...../s1/i;;;;1+1;. The first-order chi connectivity index (χ1) is 53.3. The van der Waals surface area contributed by atoms with Gasteiger partial charge in [-0.25, -0.2) is 9.59 Å². The highest BCUT2D eigenvalue weighted by Crippen LogP contribution is 2.67. The van der Waals surface area contributed by atoms with Crippen molar-refractivity contribution in [1.82, 2.24) is 15.1 Å². The summed E-state index contributed by atoms with van der Waals surface area (Å²) in [7, 11) is 1.62. The molecule has 20 atom stereocenters. The van der Waals surface area contributed by atoms with Crippen LogP contribution in [0.25, 0.3) is 0 Å². The van der Waals surface area contributed by atoms with Gasteiger partial charge >= 0.3 is 12.1 Å². The van der Waals surface area contributed by atoms with Gasteiger partial charge in [-0.2, -0.15) is 23.4 Å². The number of carbonyl (C=O) groups is 4. The third-order valence-electron chi connectivity index (χ3n) is 23.3. The Labute approximate surface area is 689 Å². The summed E-state index contributed by atoms with van der Waals surface area (Å²) in [6.45, 7) is 17.6. The van der Waals surface area contributed by atoms with E-state index in [0.29, 0.717) is 116 Å². The molecule has 667 valence electrons. The van der Waals surface area contributed by atoms with Crippen molar-refractivity contribution < 1.29 is 149 Å². The Morgan fingerprint density at radius 3 is 1.73 bits per heavy atom. The van der Waals surface area contributed by atoms with Crippen LogP contribution in [0.2, 0.25) is 0 Å². The van der Waals surface area contributed by atoms with E-state index in [1.54, 1.807) is 14.0 Å². The molecule has 0 aromatic heterocycles. The molecule has 2 aliphatic heterocycles. The van der Waals surface area contributed by atoms with Gasteiger partial charge in [0, 0.05) is 57.0 Å². The first-order valence-corrected chi connectivity index (χ1v) is 40.4. The molecule has 3 amide bonds. The van der Waals surface area contributed by atoms with Crippen LogP contribution in [0.4, 0.5) is 4.79 Å². The maximum Gasteiger partial charge on any atom is 0.409 e. The fourth-order valence-electron chi connectivity index (χ4n) is 17.1. The summed E-state index contributed by atoms with van der Waals surface area (Å²) < 4.78 is 83.3. The smallest absolute Gasteiger partial charge is 0.409 e. The van der Waals surface area contributed by atoms with E-state index >= 15 is 0 Å². The number of fused-ring (bicyclic) bond motifs is 5. The Hall–Kier alpha value is -3.28. The molecule has 4 aliphatic carbocycles. The number of rotatable bonds is 59. The summed E-state index contributed by atoms with van der Waals surface area (Å²) in [5.74, 6) is -1.14. The second kappa shape index (κ2) is 55.6. The molecule has 6 rings (SSSR count). The van der Waals surface area contributed by atoms with Gasteiger partial charge in [-0.1, -0.05) is 72.5 Å². The number of ether oxygens (including phenoxy) is 15. The molecule has 3 radical (unpaired) electrons. The molecule has 0 spiro atoms. The number of cyclic esters (lactones) is 1. The Kier molecular flexibility index (Phi) is 51.2. The lowest BCUT2D eigenvalue weighted by molar-refractivity contribution is -0.286. The first kappa shape index (κ1) is 105. The number of esters is 1. The van der Waals surface area contributed by atoms with E-state index in [0.717, 1.165) is 49.4 Å². The van der Waals surface area contributed by atoms with Crippen molar-refractivity contribution in [2.75, 3.05) is 205 Å². The SMILES string of the molecule is COCCOCCOCCOCCOCCOCCOCCOCCOCCOCCOC(=O)N(CCCNC(=O)[C@@](O)(C1O[C@H](CO)[C@H](O)[C@H](O)[C@H]1O)[C@@H](O)[C@H](O)[C@H](O)CO)CCCN(C[C@H](C)[C@H]1OC(=O)C(O)=C1O)C(=O)COCCOC1CC[C@@]2(C)C(=CC[C@@H]3[C@@H]2CC[C@]2(C)C([C@H](C)CCCC(C)C)CC[C@@H]32)C1.P.S.[2HH].[B].[HH]. The maximum absolute atomic E-state index is 14.2. The van der Waals surface area contributed by atoms with Crippen LogP contribution in [0, 0.1) is 52.3 Å². The number of methoxy groups -OCH3 is 1. The molecule has 0 bridgehead atoms. The monoisotopic (exact) mass is 1680 g/mol. The van der Waals surface area contributed by atoms with Crippen molar-refractivity contribution in [3.63, 3.8) is 0 Å². The third-order valence-corrected chi connectivity index (χ3v) is 23.3. The molecular weight excluding hydrogens is 1530 g/mol. The zero-order valence-corrected chi connectivity index (χ0v) is 71.1. The predicted octanol–water partition coefficient (Wildman–Crippen LogP) is 2.21. The first-order valence-electron chi connectivity index (χ1n) is 40.4. The number of hydrogen-bond acceptors (Lipinski definition) is 30. The molecule has 3 saturated carbocycles. The lowest BCUT2D eigenvalue weighted by atomic mass is 9.47. The maximum atomic E-state index is 14.2. The summed E-state index contributed by atoms with van der Waals surface area (Å²) in [5, 5.41) is 119. The topological polar surface area (TPSA) is 448 Å². The number of allylic oxidation sites excluding steroid dienone is 1. The summed E-state index contributed by atoms with van der Waals surface area (Å²) >= 11 is 0. The van der Waals surface area contributed by atoms with Gasteiger partial charge in [0.25, 0.3) is 5.91 Å². The van der Waals surface area contributed by atoms with Crippen LogP contribution in [-0.4, -0.2) is 370 Å². The van der Waals surface area contributed by atoms with Crippen molar-refractivity contribution in [1.29, 1.82) is 0 Å². The van der Waals surface area contributed by atoms with E-state index in [-0.39, 0.29) is 138 Å². The molecule has 0 aromatic rings. The molecule has 12 N–H and O–H groups in total. The number of amides is 3. The fraction of sp³-hybridized carbons (Fsp3) is 0.897. The van der Waals surface area contributed by atoms with Gasteiger partial charge in [-0.15, -0.1) is 0 Å². The Balaban J connectivity index is 0.0000135. The van der Waals surface area contributed by atoms with Gasteiger partial charge in [0.1, 0.15) is 62.0 Å². The number of carbonyl (C=O) groups excluding carboxylic acids is 4. The van der Waals surface area contributed by atoms with Gasteiger partial charge in [0.05, 0.1) is 158 Å². The molecule has 0 aromatic carbocycles. The number of hydrogen-bond donors (Lipinski definition) is 12. The van der Waals surface area contributed by atoms with Crippen molar-refractivity contribution in [2.24, 2.45) is 52.3 Å². The van der Waals surface area contributed by atoms with Gasteiger partial charge in [-0.05, 0) is 111 Å². The van der Waals surface area contributed by atoms with Crippen LogP contribution < -0.4 is 5.32 Å². The molecule has 36 heteroatoms. The van der Waals surface area contributed by atoms with E-state index in [2.05, 4.69) is 46.0 Å². The largest absolute Gasteiger partial charge is 0.505 e. The third kappa shape index (κ3) is 31.6. The van der Waals surface area contributed by atoms with Gasteiger partial charge in [0.15, 0.2) is 11.9 Å². The normalized spacial score (nSPS) is 27.1. The van der Waals surface area contributed by atoms with Crippen LogP contribution in [0.5, 0.6) is 0 Å². The lowest BCUT2D eigenvalue weighted by Gasteiger charge is -2.58. The fourth-order valence-corrected chi connectivity index (χ4v) is 17.1. The Morgan fingerprint density at radius 2 is 1.20 bits per heavy atom. The number of nitrogens with one attached hydrogen (secondary N) is 1. The summed E-state index contributed by atoms with van der Waals surface area (Å²) in [4.78, 5) is 57.2. The number of aliphatic hydroxyl groups excluding tert-OH is 10. The Bertz CT molecular complexity index is 2760. The molecular formula is C78H146BN3O30PS. The minimum atomic E-state index is -3.45. The molecule has 1 saturated heterocycles. The summed E-state index contributed by atoms with van der Waals surface area (Å²) in [5.41, 5.74) is -1.40. The van der Waals surface area contributed by atoms with Crippen molar-refractivity contribution in [2.45, 2.75) is 192 Å². The molecule has 2 heterocycles.